The quantitative estimate of drug-likeness (QED) is 0.375. The Hall–Kier alpha value is -1.43. The van der Waals surface area contributed by atoms with Gasteiger partial charge in [0.1, 0.15) is 0 Å². The van der Waals surface area contributed by atoms with Crippen molar-refractivity contribution in [2.75, 3.05) is 6.54 Å². The van der Waals surface area contributed by atoms with Crippen molar-refractivity contribution in [2.24, 2.45) is 0 Å². The van der Waals surface area contributed by atoms with Gasteiger partial charge in [0.15, 0.2) is 0 Å². The number of hydrogen-bond donors (Lipinski definition) is 2. The Morgan fingerprint density at radius 2 is 2.40 bits per heavy atom. The minimum absolute atomic E-state index is 0.124. The van der Waals surface area contributed by atoms with Crippen molar-refractivity contribution in [3.8, 4) is 12.3 Å². The summed E-state index contributed by atoms with van der Waals surface area (Å²) in [5.74, 6) is 2.53. The molecule has 2 N–H and O–H groups in total. The van der Waals surface area contributed by atoms with Crippen LogP contribution < -0.4 is 10.6 Å². The number of carbonyl (C=O) groups excluding carboxylic acids is 1. The van der Waals surface area contributed by atoms with Crippen LogP contribution in [0.2, 0.25) is 0 Å². The van der Waals surface area contributed by atoms with E-state index in [1.54, 1.807) is 0 Å². The lowest BCUT2D eigenvalue weighted by molar-refractivity contribution is 0.236. The second kappa shape index (κ2) is 9.14. The van der Waals surface area contributed by atoms with E-state index in [0.29, 0.717) is 13.0 Å². The van der Waals surface area contributed by atoms with Crippen molar-refractivity contribution >= 4 is 6.03 Å². The molecule has 0 saturated carbocycles. The maximum Gasteiger partial charge on any atom is 0.315 e. The summed E-state index contributed by atoms with van der Waals surface area (Å²) >= 11 is 0. The average molecular weight is 208 g/mol. The fourth-order valence-electron chi connectivity index (χ4n) is 1.16. The number of carbonyl (C=O) groups is 1. The van der Waals surface area contributed by atoms with Gasteiger partial charge in [0, 0.05) is 19.0 Å². The number of rotatable bonds is 7. The molecule has 15 heavy (non-hydrogen) atoms. The topological polar surface area (TPSA) is 41.1 Å². The third-order valence-electron chi connectivity index (χ3n) is 2.06. The van der Waals surface area contributed by atoms with Crippen LogP contribution in [0, 0.1) is 12.3 Å². The Morgan fingerprint density at radius 1 is 1.67 bits per heavy atom. The second-order valence-corrected chi connectivity index (χ2v) is 3.34. The fourth-order valence-corrected chi connectivity index (χ4v) is 1.16. The van der Waals surface area contributed by atoms with E-state index in [0.717, 1.165) is 19.3 Å². The SMILES string of the molecule is C#CCCCNC(=O)N[C@H](CC)CC=C. The molecule has 0 aromatic heterocycles. The van der Waals surface area contributed by atoms with Crippen molar-refractivity contribution in [1.29, 1.82) is 0 Å². The maximum absolute atomic E-state index is 11.3. The van der Waals surface area contributed by atoms with Crippen molar-refractivity contribution in [3.63, 3.8) is 0 Å². The Kier molecular flexibility index (Phi) is 8.27. The molecule has 2 amide bonds. The molecular weight excluding hydrogens is 188 g/mol. The van der Waals surface area contributed by atoms with Crippen LogP contribution in [0.3, 0.4) is 0 Å². The molecule has 84 valence electrons. The standard InChI is InChI=1S/C12H20N2O/c1-4-7-8-10-13-12(15)14-11(6-3)9-5-2/h1,5,11H,2,6-10H2,3H3,(H2,13,14,15)/t11-/m1/s1. The monoisotopic (exact) mass is 208 g/mol. The summed E-state index contributed by atoms with van der Waals surface area (Å²) in [4.78, 5) is 11.3. The second-order valence-electron chi connectivity index (χ2n) is 3.34. The fraction of sp³-hybridized carbons (Fsp3) is 0.583. The number of unbranched alkanes of at least 4 members (excludes halogenated alkanes) is 1. The summed E-state index contributed by atoms with van der Waals surface area (Å²) in [6.45, 7) is 6.31. The van der Waals surface area contributed by atoms with Crippen LogP contribution in [0.4, 0.5) is 4.79 Å². The molecule has 3 nitrogen and oxygen atoms in total. The van der Waals surface area contributed by atoms with Gasteiger partial charge in [0.25, 0.3) is 0 Å². The van der Waals surface area contributed by atoms with E-state index in [-0.39, 0.29) is 12.1 Å². The van der Waals surface area contributed by atoms with Crippen LogP contribution in [0.1, 0.15) is 32.6 Å². The van der Waals surface area contributed by atoms with E-state index < -0.39 is 0 Å². The molecule has 0 spiro atoms. The zero-order chi connectivity index (χ0) is 11.5. The number of terminal acetylenes is 1. The van der Waals surface area contributed by atoms with Crippen LogP contribution in [-0.2, 0) is 0 Å². The minimum atomic E-state index is -0.124. The molecule has 0 aromatic carbocycles. The first-order valence-corrected chi connectivity index (χ1v) is 5.33. The van der Waals surface area contributed by atoms with Gasteiger partial charge in [0.05, 0.1) is 0 Å². The van der Waals surface area contributed by atoms with Crippen molar-refractivity contribution < 1.29 is 4.79 Å². The Labute approximate surface area is 92.3 Å². The van der Waals surface area contributed by atoms with Crippen LogP contribution in [0.5, 0.6) is 0 Å². The maximum atomic E-state index is 11.3. The predicted molar refractivity (Wildman–Crippen MR) is 63.5 cm³/mol. The third kappa shape index (κ3) is 7.63. The average Bonchev–Trinajstić information content (AvgIpc) is 2.24. The molecule has 0 aliphatic rings. The first kappa shape index (κ1) is 13.6. The molecule has 0 rings (SSSR count). The zero-order valence-electron chi connectivity index (χ0n) is 9.38. The van der Waals surface area contributed by atoms with Crippen molar-refractivity contribution in [2.45, 2.75) is 38.6 Å². The third-order valence-corrected chi connectivity index (χ3v) is 2.06. The molecule has 0 radical (unpaired) electrons. The first-order valence-electron chi connectivity index (χ1n) is 5.33. The smallest absolute Gasteiger partial charge is 0.315 e. The molecule has 0 fully saturated rings. The Balaban J connectivity index is 3.62. The van der Waals surface area contributed by atoms with E-state index in [9.17, 15) is 4.79 Å². The van der Waals surface area contributed by atoms with Gasteiger partial charge in [-0.05, 0) is 19.3 Å². The van der Waals surface area contributed by atoms with Gasteiger partial charge in [-0.2, -0.15) is 0 Å². The summed E-state index contributed by atoms with van der Waals surface area (Å²) in [5.41, 5.74) is 0. The number of hydrogen-bond acceptors (Lipinski definition) is 1. The lowest BCUT2D eigenvalue weighted by Gasteiger charge is -2.15. The van der Waals surface area contributed by atoms with Gasteiger partial charge in [-0.15, -0.1) is 18.9 Å². The highest BCUT2D eigenvalue weighted by atomic mass is 16.2. The molecule has 0 saturated heterocycles. The van der Waals surface area contributed by atoms with Crippen LogP contribution in [0.25, 0.3) is 0 Å². The Morgan fingerprint density at radius 3 is 2.93 bits per heavy atom. The van der Waals surface area contributed by atoms with E-state index in [1.807, 2.05) is 13.0 Å². The van der Waals surface area contributed by atoms with Crippen LogP contribution >= 0.6 is 0 Å². The Bertz CT molecular complexity index is 230. The highest BCUT2D eigenvalue weighted by Gasteiger charge is 2.07. The van der Waals surface area contributed by atoms with E-state index >= 15 is 0 Å². The molecule has 3 heteroatoms. The lowest BCUT2D eigenvalue weighted by Crippen LogP contribution is -2.41. The van der Waals surface area contributed by atoms with Gasteiger partial charge < -0.3 is 10.6 Å². The van der Waals surface area contributed by atoms with Gasteiger partial charge in [-0.3, -0.25) is 0 Å². The molecule has 0 bridgehead atoms. The summed E-state index contributed by atoms with van der Waals surface area (Å²) in [6, 6.07) is 0.0517. The number of urea groups is 1. The molecule has 0 unspecified atom stereocenters. The summed E-state index contributed by atoms with van der Waals surface area (Å²) < 4.78 is 0. The van der Waals surface area contributed by atoms with E-state index in [4.69, 9.17) is 6.42 Å². The normalized spacial score (nSPS) is 11.2. The van der Waals surface area contributed by atoms with Crippen molar-refractivity contribution in [1.82, 2.24) is 10.6 Å². The van der Waals surface area contributed by atoms with Crippen LogP contribution in [0.15, 0.2) is 12.7 Å². The van der Waals surface area contributed by atoms with Gasteiger partial charge in [-0.1, -0.05) is 13.0 Å². The van der Waals surface area contributed by atoms with E-state index in [1.165, 1.54) is 0 Å². The van der Waals surface area contributed by atoms with Crippen molar-refractivity contribution in [3.05, 3.63) is 12.7 Å². The number of amides is 2. The summed E-state index contributed by atoms with van der Waals surface area (Å²) in [5, 5.41) is 5.63. The molecular formula is C12H20N2O. The number of nitrogens with one attached hydrogen (secondary N) is 2. The zero-order valence-corrected chi connectivity index (χ0v) is 9.38. The van der Waals surface area contributed by atoms with Crippen LogP contribution in [-0.4, -0.2) is 18.6 Å². The first-order chi connectivity index (χ1) is 7.24. The molecule has 0 heterocycles. The highest BCUT2D eigenvalue weighted by Crippen LogP contribution is 1.97. The largest absolute Gasteiger partial charge is 0.338 e. The molecule has 0 aliphatic heterocycles. The molecule has 1 atom stereocenters. The molecule has 0 aliphatic carbocycles. The minimum Gasteiger partial charge on any atom is -0.338 e. The summed E-state index contributed by atoms with van der Waals surface area (Å²) in [7, 11) is 0. The lowest BCUT2D eigenvalue weighted by atomic mass is 10.1. The predicted octanol–water partition coefficient (Wildman–Crippen LogP) is 2.05. The molecule has 0 aromatic rings. The highest BCUT2D eigenvalue weighted by molar-refractivity contribution is 5.74. The van der Waals surface area contributed by atoms with Gasteiger partial charge >= 0.3 is 6.03 Å². The van der Waals surface area contributed by atoms with Gasteiger partial charge in [-0.25, -0.2) is 4.79 Å². The van der Waals surface area contributed by atoms with E-state index in [2.05, 4.69) is 23.1 Å². The van der Waals surface area contributed by atoms with Gasteiger partial charge in [0.2, 0.25) is 0 Å². The summed E-state index contributed by atoms with van der Waals surface area (Å²) in [6.07, 6.45) is 10.1.